The molecule has 6 heteroatoms. The molecule has 0 saturated carbocycles. The van der Waals surface area contributed by atoms with E-state index in [2.05, 4.69) is 5.32 Å². The van der Waals surface area contributed by atoms with Crippen molar-refractivity contribution in [2.45, 2.75) is 25.8 Å². The maximum Gasteiger partial charge on any atom is 0.248 e. The van der Waals surface area contributed by atoms with Gasteiger partial charge in [0.05, 0.1) is 11.4 Å². The van der Waals surface area contributed by atoms with Crippen LogP contribution in [-0.4, -0.2) is 35.8 Å². The van der Waals surface area contributed by atoms with Crippen LogP contribution < -0.4 is 16.8 Å². The Morgan fingerprint density at radius 1 is 1.30 bits per heavy atom. The maximum atomic E-state index is 12.2. The van der Waals surface area contributed by atoms with Crippen molar-refractivity contribution in [1.82, 2.24) is 4.90 Å². The number of nitrogens with one attached hydrogen (secondary N) is 1. The monoisotopic (exact) mass is 276 g/mol. The van der Waals surface area contributed by atoms with Crippen molar-refractivity contribution in [3.63, 3.8) is 0 Å². The number of primary amides is 1. The SMILES string of the molecule is CC(Nc1ccc(C(N)=O)cc1N)C(=O)N1CCCC1. The van der Waals surface area contributed by atoms with Crippen LogP contribution in [0.1, 0.15) is 30.1 Å². The van der Waals surface area contributed by atoms with Gasteiger partial charge < -0.3 is 21.7 Å². The van der Waals surface area contributed by atoms with E-state index in [4.69, 9.17) is 11.5 Å². The fourth-order valence-electron chi connectivity index (χ4n) is 2.35. The molecule has 0 spiro atoms. The first-order chi connectivity index (χ1) is 9.49. The molecule has 5 N–H and O–H groups in total. The van der Waals surface area contributed by atoms with E-state index in [1.165, 1.54) is 6.07 Å². The number of anilines is 2. The van der Waals surface area contributed by atoms with Crippen molar-refractivity contribution < 1.29 is 9.59 Å². The van der Waals surface area contributed by atoms with E-state index >= 15 is 0 Å². The van der Waals surface area contributed by atoms with Crippen molar-refractivity contribution >= 4 is 23.2 Å². The summed E-state index contributed by atoms with van der Waals surface area (Å²) in [6, 6.07) is 4.42. The van der Waals surface area contributed by atoms with Crippen LogP contribution >= 0.6 is 0 Å². The molecular weight excluding hydrogens is 256 g/mol. The van der Waals surface area contributed by atoms with Crippen LogP contribution in [0.15, 0.2) is 18.2 Å². The second-order valence-corrected chi connectivity index (χ2v) is 5.06. The summed E-state index contributed by atoms with van der Waals surface area (Å²) in [5, 5.41) is 3.08. The summed E-state index contributed by atoms with van der Waals surface area (Å²) < 4.78 is 0. The number of likely N-dealkylation sites (tertiary alicyclic amines) is 1. The number of hydrogen-bond donors (Lipinski definition) is 3. The quantitative estimate of drug-likeness (QED) is 0.708. The van der Waals surface area contributed by atoms with Crippen LogP contribution in [0.2, 0.25) is 0 Å². The highest BCUT2D eigenvalue weighted by atomic mass is 16.2. The summed E-state index contributed by atoms with van der Waals surface area (Å²) in [5.74, 6) is -0.453. The highest BCUT2D eigenvalue weighted by molar-refractivity contribution is 5.95. The highest BCUT2D eigenvalue weighted by Crippen LogP contribution is 2.21. The molecule has 1 fully saturated rings. The number of nitrogens with zero attached hydrogens (tertiary/aromatic N) is 1. The number of carbonyl (C=O) groups excluding carboxylic acids is 2. The Labute approximate surface area is 118 Å². The van der Waals surface area contributed by atoms with Gasteiger partial charge >= 0.3 is 0 Å². The lowest BCUT2D eigenvalue weighted by molar-refractivity contribution is -0.130. The normalized spacial score (nSPS) is 15.9. The van der Waals surface area contributed by atoms with Gasteiger partial charge in [0.1, 0.15) is 6.04 Å². The zero-order chi connectivity index (χ0) is 14.7. The number of rotatable bonds is 4. The number of nitrogens with two attached hydrogens (primary N) is 2. The van der Waals surface area contributed by atoms with Gasteiger partial charge in [-0.1, -0.05) is 0 Å². The molecule has 1 aromatic carbocycles. The Balaban J connectivity index is 2.05. The third kappa shape index (κ3) is 3.01. The minimum atomic E-state index is -0.524. The van der Waals surface area contributed by atoms with E-state index in [0.29, 0.717) is 16.9 Å². The molecule has 1 heterocycles. The number of amides is 2. The van der Waals surface area contributed by atoms with E-state index in [1.807, 2.05) is 11.8 Å². The smallest absolute Gasteiger partial charge is 0.248 e. The number of nitrogen functional groups attached to an aromatic ring is 1. The molecule has 20 heavy (non-hydrogen) atoms. The predicted molar refractivity (Wildman–Crippen MR) is 78.3 cm³/mol. The fraction of sp³-hybridized carbons (Fsp3) is 0.429. The molecule has 0 aliphatic carbocycles. The van der Waals surface area contributed by atoms with Gasteiger partial charge in [-0.15, -0.1) is 0 Å². The van der Waals surface area contributed by atoms with Gasteiger partial charge in [-0.25, -0.2) is 0 Å². The lowest BCUT2D eigenvalue weighted by Gasteiger charge is -2.22. The van der Waals surface area contributed by atoms with Gasteiger partial charge in [-0.05, 0) is 38.0 Å². The molecule has 1 aromatic rings. The average molecular weight is 276 g/mol. The molecule has 6 nitrogen and oxygen atoms in total. The van der Waals surface area contributed by atoms with E-state index < -0.39 is 5.91 Å². The molecule has 1 saturated heterocycles. The van der Waals surface area contributed by atoms with Crippen LogP contribution in [0.5, 0.6) is 0 Å². The van der Waals surface area contributed by atoms with Crippen molar-refractivity contribution in [1.29, 1.82) is 0 Å². The predicted octanol–water partition coefficient (Wildman–Crippen LogP) is 0.790. The molecule has 1 unspecified atom stereocenters. The highest BCUT2D eigenvalue weighted by Gasteiger charge is 2.23. The molecule has 1 atom stereocenters. The second kappa shape index (κ2) is 5.81. The van der Waals surface area contributed by atoms with Crippen molar-refractivity contribution in [3.8, 4) is 0 Å². The van der Waals surface area contributed by atoms with E-state index in [1.54, 1.807) is 12.1 Å². The Bertz CT molecular complexity index is 524. The fourth-order valence-corrected chi connectivity index (χ4v) is 2.35. The first kappa shape index (κ1) is 14.2. The molecule has 108 valence electrons. The van der Waals surface area contributed by atoms with E-state index in [9.17, 15) is 9.59 Å². The van der Waals surface area contributed by atoms with Gasteiger partial charge in [-0.3, -0.25) is 9.59 Å². The maximum absolute atomic E-state index is 12.2. The summed E-state index contributed by atoms with van der Waals surface area (Å²) in [7, 11) is 0. The van der Waals surface area contributed by atoms with Gasteiger partial charge in [0.25, 0.3) is 0 Å². The van der Waals surface area contributed by atoms with E-state index in [-0.39, 0.29) is 11.9 Å². The van der Waals surface area contributed by atoms with Crippen molar-refractivity contribution in [3.05, 3.63) is 23.8 Å². The van der Waals surface area contributed by atoms with Gasteiger partial charge in [0, 0.05) is 18.7 Å². The first-order valence-electron chi connectivity index (χ1n) is 6.73. The lowest BCUT2D eigenvalue weighted by atomic mass is 10.1. The summed E-state index contributed by atoms with van der Waals surface area (Å²) in [5.41, 5.74) is 12.4. The lowest BCUT2D eigenvalue weighted by Crippen LogP contribution is -2.39. The number of hydrogen-bond acceptors (Lipinski definition) is 4. The molecule has 2 amide bonds. The molecule has 0 radical (unpaired) electrons. The summed E-state index contributed by atoms with van der Waals surface area (Å²) >= 11 is 0. The standard InChI is InChI=1S/C14H20N4O2/c1-9(14(20)18-6-2-3-7-18)17-12-5-4-10(13(16)19)8-11(12)15/h4-5,8-9,17H,2-3,6-7,15H2,1H3,(H2,16,19). The van der Waals surface area contributed by atoms with Crippen LogP contribution in [0.3, 0.4) is 0 Å². The van der Waals surface area contributed by atoms with Crippen molar-refractivity contribution in [2.75, 3.05) is 24.1 Å². The van der Waals surface area contributed by atoms with Gasteiger partial charge in [0.15, 0.2) is 0 Å². The Kier molecular flexibility index (Phi) is 4.12. The molecular formula is C14H20N4O2. The molecule has 2 rings (SSSR count). The molecule has 0 bridgehead atoms. The van der Waals surface area contributed by atoms with Crippen molar-refractivity contribution in [2.24, 2.45) is 5.73 Å². The minimum absolute atomic E-state index is 0.0703. The number of carbonyl (C=O) groups is 2. The zero-order valence-electron chi connectivity index (χ0n) is 11.6. The topological polar surface area (TPSA) is 101 Å². The Morgan fingerprint density at radius 2 is 1.95 bits per heavy atom. The average Bonchev–Trinajstić information content (AvgIpc) is 2.93. The van der Waals surface area contributed by atoms with Crippen LogP contribution in [0.4, 0.5) is 11.4 Å². The largest absolute Gasteiger partial charge is 0.397 e. The molecule has 1 aliphatic heterocycles. The number of benzene rings is 1. The summed E-state index contributed by atoms with van der Waals surface area (Å²) in [6.45, 7) is 3.45. The Morgan fingerprint density at radius 3 is 2.50 bits per heavy atom. The second-order valence-electron chi connectivity index (χ2n) is 5.06. The Hall–Kier alpha value is -2.24. The van der Waals surface area contributed by atoms with E-state index in [0.717, 1.165) is 25.9 Å². The zero-order valence-corrected chi connectivity index (χ0v) is 11.6. The third-order valence-electron chi connectivity index (χ3n) is 3.50. The van der Waals surface area contributed by atoms with Gasteiger partial charge in [-0.2, -0.15) is 0 Å². The van der Waals surface area contributed by atoms with Gasteiger partial charge in [0.2, 0.25) is 11.8 Å². The van der Waals surface area contributed by atoms with Crippen LogP contribution in [0, 0.1) is 0 Å². The summed E-state index contributed by atoms with van der Waals surface area (Å²) in [6.07, 6.45) is 2.13. The first-order valence-corrected chi connectivity index (χ1v) is 6.73. The van der Waals surface area contributed by atoms with Crippen LogP contribution in [-0.2, 0) is 4.79 Å². The minimum Gasteiger partial charge on any atom is -0.397 e. The molecule has 0 aromatic heterocycles. The summed E-state index contributed by atoms with van der Waals surface area (Å²) in [4.78, 5) is 25.1. The third-order valence-corrected chi connectivity index (χ3v) is 3.50. The van der Waals surface area contributed by atoms with Crippen LogP contribution in [0.25, 0.3) is 0 Å². The molecule has 1 aliphatic rings.